The molecule has 0 aromatic heterocycles. The normalized spacial score (nSPS) is 16.9. The maximum Gasteiger partial charge on any atom is 0.265 e. The van der Waals surface area contributed by atoms with Crippen LogP contribution in [0, 0.1) is 17.9 Å². The number of fused-ring (bicyclic) bond motifs is 1. The maximum absolute atomic E-state index is 9.76. The molecule has 0 fully saturated rings. The third-order valence-corrected chi connectivity index (χ3v) is 7.56. The molecule has 4 nitrogen and oxygen atoms in total. The van der Waals surface area contributed by atoms with Gasteiger partial charge >= 0.3 is 0 Å². The lowest BCUT2D eigenvalue weighted by atomic mass is 9.79. The number of allylic oxidation sites excluding steroid dienone is 3. The number of nitriles is 1. The average molecular weight is 518 g/mol. The first kappa shape index (κ1) is 25.0. The fourth-order valence-corrected chi connectivity index (χ4v) is 5.64. The zero-order chi connectivity index (χ0) is 27.4. The lowest BCUT2D eigenvalue weighted by Crippen LogP contribution is -2.34. The third kappa shape index (κ3) is 4.68. The second-order valence-corrected chi connectivity index (χ2v) is 9.94. The van der Waals surface area contributed by atoms with E-state index in [4.69, 9.17) is 11.3 Å². The topological polar surface area (TPSA) is 40.6 Å². The number of para-hydroxylation sites is 1. The first-order valence-electron chi connectivity index (χ1n) is 13.4. The van der Waals surface area contributed by atoms with E-state index in [1.165, 1.54) is 16.9 Å². The van der Waals surface area contributed by atoms with Crippen LogP contribution < -0.4 is 4.90 Å². The molecule has 4 aromatic rings. The van der Waals surface area contributed by atoms with Crippen molar-refractivity contribution < 1.29 is 4.74 Å². The van der Waals surface area contributed by atoms with Gasteiger partial charge in [0, 0.05) is 35.5 Å². The van der Waals surface area contributed by atoms with Gasteiger partial charge in [0.05, 0.1) is 12.6 Å². The molecule has 4 aromatic carbocycles. The summed E-state index contributed by atoms with van der Waals surface area (Å²) in [5, 5.41) is 9.76. The minimum Gasteiger partial charge on any atom is -0.478 e. The highest BCUT2D eigenvalue weighted by Crippen LogP contribution is 2.45. The molecule has 0 aliphatic carbocycles. The van der Waals surface area contributed by atoms with Crippen LogP contribution in [-0.2, 0) is 16.8 Å². The molecule has 0 radical (unpaired) electrons. The van der Waals surface area contributed by atoms with Crippen molar-refractivity contribution in [1.29, 1.82) is 5.26 Å². The minimum atomic E-state index is -0.868. The van der Waals surface area contributed by atoms with Crippen molar-refractivity contribution >= 4 is 17.5 Å². The molecule has 4 heteroatoms. The second-order valence-electron chi connectivity index (χ2n) is 9.94. The van der Waals surface area contributed by atoms with E-state index in [-0.39, 0.29) is 5.70 Å². The van der Waals surface area contributed by atoms with Gasteiger partial charge in [0.1, 0.15) is 5.76 Å². The third-order valence-electron chi connectivity index (χ3n) is 7.56. The molecule has 0 bridgehead atoms. The van der Waals surface area contributed by atoms with E-state index in [9.17, 15) is 5.26 Å². The van der Waals surface area contributed by atoms with E-state index in [1.54, 1.807) is 0 Å². The first-order chi connectivity index (χ1) is 19.7. The molecule has 0 amide bonds. The van der Waals surface area contributed by atoms with Crippen molar-refractivity contribution in [3.63, 3.8) is 0 Å². The van der Waals surface area contributed by atoms with Gasteiger partial charge in [0.25, 0.3) is 5.70 Å². The van der Waals surface area contributed by atoms with Crippen molar-refractivity contribution in [3.05, 3.63) is 172 Å². The lowest BCUT2D eigenvalue weighted by Gasteiger charge is -2.39. The van der Waals surface area contributed by atoms with Gasteiger partial charge < -0.3 is 9.64 Å². The van der Waals surface area contributed by atoms with Gasteiger partial charge in [-0.05, 0) is 59.5 Å². The van der Waals surface area contributed by atoms with Crippen molar-refractivity contribution in [3.8, 4) is 6.07 Å². The van der Waals surface area contributed by atoms with Crippen molar-refractivity contribution in [1.82, 2.24) is 0 Å². The van der Waals surface area contributed by atoms with Gasteiger partial charge in [-0.25, -0.2) is 10.1 Å². The molecule has 0 saturated carbocycles. The quantitative estimate of drug-likeness (QED) is 0.197. The van der Waals surface area contributed by atoms with E-state index in [1.807, 2.05) is 85.0 Å². The van der Waals surface area contributed by atoms with E-state index in [0.29, 0.717) is 17.8 Å². The van der Waals surface area contributed by atoms with Crippen molar-refractivity contribution in [2.75, 3.05) is 11.4 Å². The molecule has 0 N–H and O–H groups in total. The largest absolute Gasteiger partial charge is 0.478 e. The van der Waals surface area contributed by atoms with E-state index >= 15 is 0 Å². The summed E-state index contributed by atoms with van der Waals surface area (Å²) < 4.78 is 6.82. The predicted octanol–water partition coefficient (Wildman–Crippen LogP) is 8.34. The Morgan fingerprint density at radius 2 is 1.52 bits per heavy atom. The van der Waals surface area contributed by atoms with E-state index < -0.39 is 5.60 Å². The molecule has 2 heterocycles. The second kappa shape index (κ2) is 10.8. The number of hydrogen-bond donors (Lipinski definition) is 0. The van der Waals surface area contributed by atoms with Crippen LogP contribution >= 0.6 is 0 Å². The van der Waals surface area contributed by atoms with Gasteiger partial charge in [-0.1, -0.05) is 91.0 Å². The molecule has 192 valence electrons. The van der Waals surface area contributed by atoms with Crippen LogP contribution in [-0.4, -0.2) is 6.54 Å². The summed E-state index contributed by atoms with van der Waals surface area (Å²) in [5.41, 5.74) is 6.66. The Kier molecular flexibility index (Phi) is 6.75. The number of ether oxygens (including phenoxy) is 1. The van der Waals surface area contributed by atoms with Gasteiger partial charge in [-0.3, -0.25) is 0 Å². The Hall–Kier alpha value is -5.32. The molecule has 6 rings (SSSR count). The Morgan fingerprint density at radius 3 is 2.15 bits per heavy atom. The average Bonchev–Trinajstić information content (AvgIpc) is 3.45. The van der Waals surface area contributed by atoms with E-state index in [0.717, 1.165) is 29.7 Å². The molecule has 0 saturated heterocycles. The standard InChI is InChI=1S/C36H27N3O/c1-38-34(26-37)29-24-33(40-36(25-29,30-11-5-2-6-12-30)31-13-7-3-8-14-31)19-17-27-18-20-35-28(23-27)21-22-39(35)32-15-9-4-10-16-32/h2-20,23-24H,21-22,25H2/b19-17+,34-29+. The molecular weight excluding hydrogens is 490 g/mol. The Bertz CT molecular complexity index is 1650. The van der Waals surface area contributed by atoms with Crippen LogP contribution in [0.1, 0.15) is 28.7 Å². The Morgan fingerprint density at radius 1 is 0.875 bits per heavy atom. The van der Waals surface area contributed by atoms with Crippen LogP contribution in [0.3, 0.4) is 0 Å². The number of anilines is 2. The summed E-state index contributed by atoms with van der Waals surface area (Å²) in [5.74, 6) is 0.608. The highest BCUT2D eigenvalue weighted by molar-refractivity contribution is 5.72. The maximum atomic E-state index is 9.76. The van der Waals surface area contributed by atoms with Crippen LogP contribution in [0.15, 0.2) is 138 Å². The predicted molar refractivity (Wildman–Crippen MR) is 159 cm³/mol. The Balaban J connectivity index is 1.38. The molecule has 2 aliphatic heterocycles. The summed E-state index contributed by atoms with van der Waals surface area (Å²) in [6.07, 6.45) is 7.20. The van der Waals surface area contributed by atoms with E-state index in [2.05, 4.69) is 58.3 Å². The smallest absolute Gasteiger partial charge is 0.265 e. The molecule has 0 atom stereocenters. The van der Waals surface area contributed by atoms with Crippen molar-refractivity contribution in [2.24, 2.45) is 0 Å². The number of nitrogens with zero attached hydrogens (tertiary/aromatic N) is 3. The zero-order valence-electron chi connectivity index (χ0n) is 22.0. The van der Waals surface area contributed by atoms with Gasteiger partial charge in [0.15, 0.2) is 5.60 Å². The molecule has 2 aliphatic rings. The fraction of sp³-hybridized carbons (Fsp3) is 0.111. The number of benzene rings is 4. The van der Waals surface area contributed by atoms with Crippen LogP contribution in [0.2, 0.25) is 0 Å². The number of hydrogen-bond acceptors (Lipinski definition) is 3. The molecule has 0 spiro atoms. The lowest BCUT2D eigenvalue weighted by molar-refractivity contribution is 0.0348. The summed E-state index contributed by atoms with van der Waals surface area (Å²) in [6, 6.07) is 39.2. The molecule has 40 heavy (non-hydrogen) atoms. The minimum absolute atomic E-state index is 0.0870. The summed E-state index contributed by atoms with van der Waals surface area (Å²) in [7, 11) is 0. The van der Waals surface area contributed by atoms with Gasteiger partial charge in [0.2, 0.25) is 0 Å². The van der Waals surface area contributed by atoms with Crippen LogP contribution in [0.5, 0.6) is 0 Å². The fourth-order valence-electron chi connectivity index (χ4n) is 5.64. The summed E-state index contributed by atoms with van der Waals surface area (Å²) >= 11 is 0. The van der Waals surface area contributed by atoms with Crippen molar-refractivity contribution in [2.45, 2.75) is 18.4 Å². The Labute approximate surface area is 235 Å². The van der Waals surface area contributed by atoms with Gasteiger partial charge in [-0.2, -0.15) is 0 Å². The van der Waals surface area contributed by atoms with Crippen LogP contribution in [0.25, 0.3) is 10.9 Å². The van der Waals surface area contributed by atoms with Crippen LogP contribution in [0.4, 0.5) is 11.4 Å². The summed E-state index contributed by atoms with van der Waals surface area (Å²) in [6.45, 7) is 8.60. The molecule has 0 unspecified atom stereocenters. The molecular formula is C36H27N3O. The highest BCUT2D eigenvalue weighted by atomic mass is 16.5. The van der Waals surface area contributed by atoms with Gasteiger partial charge in [-0.15, -0.1) is 0 Å². The summed E-state index contributed by atoms with van der Waals surface area (Å²) in [4.78, 5) is 5.90. The SMILES string of the molecule is [C-]#[N+]/C(C#N)=C1C=C(/C=C/c2ccc3c(c2)CCN3c2ccccc2)OC(c2ccccc2)(c2ccccc2)C\1. The monoisotopic (exact) mass is 517 g/mol. The zero-order valence-corrected chi connectivity index (χ0v) is 22.0. The first-order valence-corrected chi connectivity index (χ1v) is 13.4. The number of rotatable bonds is 5. The highest BCUT2D eigenvalue weighted by Gasteiger charge is 2.40.